The third-order valence-corrected chi connectivity index (χ3v) is 5.24. The SMILES string of the molecule is O=C(CSc1nnnn1C1CCCCC1)NC(=O)c1ccc(OC(F)F)cc1. The van der Waals surface area contributed by atoms with Crippen LogP contribution in [-0.2, 0) is 4.79 Å². The molecule has 28 heavy (non-hydrogen) atoms. The van der Waals surface area contributed by atoms with Gasteiger partial charge in [-0.05, 0) is 47.5 Å². The third kappa shape index (κ3) is 5.47. The first kappa shape index (κ1) is 20.2. The smallest absolute Gasteiger partial charge is 0.387 e. The Kier molecular flexibility index (Phi) is 6.90. The van der Waals surface area contributed by atoms with Gasteiger partial charge in [-0.3, -0.25) is 14.9 Å². The van der Waals surface area contributed by atoms with Crippen molar-refractivity contribution in [1.82, 2.24) is 25.5 Å². The first-order valence-electron chi connectivity index (χ1n) is 8.82. The summed E-state index contributed by atoms with van der Waals surface area (Å²) < 4.78 is 30.2. The molecule has 11 heteroatoms. The molecule has 0 aliphatic heterocycles. The molecule has 1 fully saturated rings. The third-order valence-electron chi connectivity index (χ3n) is 4.31. The van der Waals surface area contributed by atoms with E-state index in [1.54, 1.807) is 4.68 Å². The van der Waals surface area contributed by atoms with Crippen molar-refractivity contribution in [2.75, 3.05) is 5.75 Å². The van der Waals surface area contributed by atoms with Crippen molar-refractivity contribution in [3.8, 4) is 5.75 Å². The molecule has 0 saturated heterocycles. The van der Waals surface area contributed by atoms with Crippen LogP contribution in [0.4, 0.5) is 8.78 Å². The quantitative estimate of drug-likeness (QED) is 0.700. The van der Waals surface area contributed by atoms with Crippen LogP contribution in [0, 0.1) is 0 Å². The molecule has 2 aromatic rings. The molecule has 1 heterocycles. The van der Waals surface area contributed by atoms with Gasteiger partial charge in [0, 0.05) is 5.56 Å². The molecule has 1 N–H and O–H groups in total. The predicted octanol–water partition coefficient (Wildman–Crippen LogP) is 2.83. The van der Waals surface area contributed by atoms with E-state index in [0.717, 1.165) is 37.4 Å². The number of carbonyl (C=O) groups is 2. The van der Waals surface area contributed by atoms with Gasteiger partial charge in [0.05, 0.1) is 11.8 Å². The second-order valence-electron chi connectivity index (χ2n) is 6.27. The fraction of sp³-hybridized carbons (Fsp3) is 0.471. The second kappa shape index (κ2) is 9.58. The van der Waals surface area contributed by atoms with Crippen LogP contribution in [0.15, 0.2) is 29.4 Å². The zero-order chi connectivity index (χ0) is 19.9. The van der Waals surface area contributed by atoms with Gasteiger partial charge in [0.15, 0.2) is 0 Å². The number of aromatic nitrogens is 4. The van der Waals surface area contributed by atoms with Gasteiger partial charge in [0.25, 0.3) is 5.91 Å². The Balaban J connectivity index is 1.50. The van der Waals surface area contributed by atoms with E-state index in [2.05, 4.69) is 25.6 Å². The number of amides is 2. The maximum atomic E-state index is 12.1. The Labute approximate surface area is 164 Å². The van der Waals surface area contributed by atoms with E-state index in [9.17, 15) is 18.4 Å². The van der Waals surface area contributed by atoms with Crippen LogP contribution in [0.25, 0.3) is 0 Å². The van der Waals surface area contributed by atoms with Crippen LogP contribution in [0.1, 0.15) is 48.5 Å². The number of benzene rings is 1. The number of rotatable bonds is 7. The second-order valence-corrected chi connectivity index (χ2v) is 7.21. The Morgan fingerprint density at radius 1 is 1.21 bits per heavy atom. The van der Waals surface area contributed by atoms with Gasteiger partial charge in [-0.15, -0.1) is 5.10 Å². The highest BCUT2D eigenvalue weighted by Crippen LogP contribution is 2.30. The Bertz CT molecular complexity index is 809. The van der Waals surface area contributed by atoms with Crippen LogP contribution < -0.4 is 10.1 Å². The van der Waals surface area contributed by atoms with Gasteiger partial charge >= 0.3 is 6.61 Å². The number of nitrogens with zero attached hydrogens (tertiary/aromatic N) is 4. The van der Waals surface area contributed by atoms with Crippen molar-refractivity contribution in [1.29, 1.82) is 0 Å². The van der Waals surface area contributed by atoms with Crippen molar-refractivity contribution >= 4 is 23.6 Å². The maximum Gasteiger partial charge on any atom is 0.387 e. The number of thioether (sulfide) groups is 1. The molecule has 3 rings (SSSR count). The lowest BCUT2D eigenvalue weighted by atomic mass is 9.96. The van der Waals surface area contributed by atoms with Gasteiger partial charge in [0.1, 0.15) is 5.75 Å². The summed E-state index contributed by atoms with van der Waals surface area (Å²) in [4.78, 5) is 24.2. The summed E-state index contributed by atoms with van der Waals surface area (Å²) >= 11 is 1.16. The molecule has 1 saturated carbocycles. The number of alkyl halides is 2. The fourth-order valence-corrected chi connectivity index (χ4v) is 3.73. The van der Waals surface area contributed by atoms with Crippen LogP contribution >= 0.6 is 11.8 Å². The number of tetrazole rings is 1. The van der Waals surface area contributed by atoms with Gasteiger partial charge in [-0.2, -0.15) is 8.78 Å². The highest BCUT2D eigenvalue weighted by molar-refractivity contribution is 7.99. The Morgan fingerprint density at radius 3 is 2.61 bits per heavy atom. The van der Waals surface area contributed by atoms with E-state index in [-0.39, 0.29) is 23.1 Å². The summed E-state index contributed by atoms with van der Waals surface area (Å²) in [5, 5.41) is 14.5. The molecule has 0 unspecified atom stereocenters. The van der Waals surface area contributed by atoms with Crippen molar-refractivity contribution in [2.45, 2.75) is 49.9 Å². The molecule has 0 radical (unpaired) electrons. The molecule has 150 valence electrons. The molecule has 0 spiro atoms. The van der Waals surface area contributed by atoms with E-state index < -0.39 is 18.4 Å². The first-order chi connectivity index (χ1) is 13.5. The minimum Gasteiger partial charge on any atom is -0.435 e. The lowest BCUT2D eigenvalue weighted by molar-refractivity contribution is -0.117. The zero-order valence-electron chi connectivity index (χ0n) is 14.9. The monoisotopic (exact) mass is 411 g/mol. The number of nitrogens with one attached hydrogen (secondary N) is 1. The minimum atomic E-state index is -2.94. The molecule has 8 nitrogen and oxygen atoms in total. The van der Waals surface area contributed by atoms with Crippen molar-refractivity contribution < 1.29 is 23.1 Å². The molecule has 1 aromatic heterocycles. The van der Waals surface area contributed by atoms with Crippen molar-refractivity contribution in [3.05, 3.63) is 29.8 Å². The highest BCUT2D eigenvalue weighted by atomic mass is 32.2. The van der Waals surface area contributed by atoms with Crippen LogP contribution in [0.5, 0.6) is 5.75 Å². The van der Waals surface area contributed by atoms with Gasteiger partial charge < -0.3 is 4.74 Å². The number of imide groups is 1. The standard InChI is InChI=1S/C17H19F2N5O3S/c18-16(19)27-13-8-6-11(7-9-13)15(26)20-14(25)10-28-17-21-22-23-24(17)12-4-2-1-3-5-12/h6-9,12,16H,1-5,10H2,(H,20,25,26). The molecule has 1 aliphatic carbocycles. The van der Waals surface area contributed by atoms with E-state index in [1.165, 1.54) is 30.7 Å². The van der Waals surface area contributed by atoms with E-state index in [1.807, 2.05) is 0 Å². The summed E-state index contributed by atoms with van der Waals surface area (Å²) in [5.74, 6) is -1.21. The summed E-state index contributed by atoms with van der Waals surface area (Å²) in [7, 11) is 0. The van der Waals surface area contributed by atoms with E-state index in [4.69, 9.17) is 0 Å². The van der Waals surface area contributed by atoms with Gasteiger partial charge in [0.2, 0.25) is 11.1 Å². The molecule has 0 bridgehead atoms. The number of carbonyl (C=O) groups excluding carboxylic acids is 2. The summed E-state index contributed by atoms with van der Waals surface area (Å²) in [6.07, 6.45) is 5.49. The fourth-order valence-electron chi connectivity index (χ4n) is 2.99. The average molecular weight is 411 g/mol. The molecule has 2 amide bonds. The molecular formula is C17H19F2N5O3S. The summed E-state index contributed by atoms with van der Waals surface area (Å²) in [5.41, 5.74) is 0.159. The predicted molar refractivity (Wildman–Crippen MR) is 96.2 cm³/mol. The number of hydrogen-bond acceptors (Lipinski definition) is 7. The van der Waals surface area contributed by atoms with Crippen LogP contribution in [0.3, 0.4) is 0 Å². The van der Waals surface area contributed by atoms with E-state index >= 15 is 0 Å². The van der Waals surface area contributed by atoms with Crippen LogP contribution in [0.2, 0.25) is 0 Å². The molecular weight excluding hydrogens is 392 g/mol. The van der Waals surface area contributed by atoms with Gasteiger partial charge in [-0.25, -0.2) is 4.68 Å². The number of hydrogen-bond donors (Lipinski definition) is 1. The molecule has 1 aliphatic rings. The molecule has 0 atom stereocenters. The lowest BCUT2D eigenvalue weighted by Gasteiger charge is -2.21. The van der Waals surface area contributed by atoms with Gasteiger partial charge in [-0.1, -0.05) is 31.0 Å². The highest BCUT2D eigenvalue weighted by Gasteiger charge is 2.21. The van der Waals surface area contributed by atoms with E-state index in [0.29, 0.717) is 5.16 Å². The topological polar surface area (TPSA) is 99.0 Å². The number of ether oxygens (including phenoxy) is 1. The number of halogens is 2. The first-order valence-corrected chi connectivity index (χ1v) is 9.81. The maximum absolute atomic E-state index is 12.1. The normalized spacial score (nSPS) is 14.8. The van der Waals surface area contributed by atoms with Crippen molar-refractivity contribution in [3.63, 3.8) is 0 Å². The van der Waals surface area contributed by atoms with Crippen molar-refractivity contribution in [2.24, 2.45) is 0 Å². The Hall–Kier alpha value is -2.56. The van der Waals surface area contributed by atoms with Crippen LogP contribution in [-0.4, -0.2) is 44.4 Å². The zero-order valence-corrected chi connectivity index (χ0v) is 15.7. The average Bonchev–Trinajstić information content (AvgIpc) is 3.16. The summed E-state index contributed by atoms with van der Waals surface area (Å²) in [6, 6.07) is 5.32. The Morgan fingerprint density at radius 2 is 1.93 bits per heavy atom. The minimum absolute atomic E-state index is 0.0224. The largest absolute Gasteiger partial charge is 0.435 e. The summed E-state index contributed by atoms with van der Waals surface area (Å²) in [6.45, 7) is -2.94. The molecule has 1 aromatic carbocycles. The lowest BCUT2D eigenvalue weighted by Crippen LogP contribution is -2.32.